The number of nitrogens with one attached hydrogen (secondary N) is 2. The molecule has 1 aromatic rings. The standard InChI is InChI=1S/C16H22N2O4/c1-11(2)15(16(22)17-9-8-14(20)21)18-13(19)10-12-6-4-3-5-7-12/h3-7,11,15H,8-10H2,1-2H3,(H,17,22)(H,18,19)(H,20,21). The second kappa shape index (κ2) is 8.81. The number of aliphatic carboxylic acids is 1. The van der Waals surface area contributed by atoms with Crippen molar-refractivity contribution in [3.05, 3.63) is 35.9 Å². The fraction of sp³-hybridized carbons (Fsp3) is 0.438. The molecule has 0 aliphatic heterocycles. The molecule has 120 valence electrons. The first-order chi connectivity index (χ1) is 10.4. The molecule has 1 rings (SSSR count). The van der Waals surface area contributed by atoms with Crippen LogP contribution in [-0.4, -0.2) is 35.5 Å². The van der Waals surface area contributed by atoms with Gasteiger partial charge in [0.2, 0.25) is 11.8 Å². The highest BCUT2D eigenvalue weighted by atomic mass is 16.4. The van der Waals surface area contributed by atoms with Crippen molar-refractivity contribution in [2.45, 2.75) is 32.7 Å². The molecule has 0 saturated heterocycles. The van der Waals surface area contributed by atoms with Crippen molar-refractivity contribution in [1.29, 1.82) is 0 Å². The molecule has 0 saturated carbocycles. The van der Waals surface area contributed by atoms with Crippen molar-refractivity contribution in [2.75, 3.05) is 6.54 Å². The van der Waals surface area contributed by atoms with Gasteiger partial charge in [-0.3, -0.25) is 14.4 Å². The van der Waals surface area contributed by atoms with Gasteiger partial charge >= 0.3 is 5.97 Å². The Bertz CT molecular complexity index is 514. The van der Waals surface area contributed by atoms with Crippen LogP contribution in [0.2, 0.25) is 0 Å². The first-order valence-corrected chi connectivity index (χ1v) is 7.23. The fourth-order valence-electron chi connectivity index (χ4n) is 1.94. The number of carbonyl (C=O) groups excluding carboxylic acids is 2. The average Bonchev–Trinajstić information content (AvgIpc) is 2.45. The largest absolute Gasteiger partial charge is 0.481 e. The molecule has 1 unspecified atom stereocenters. The summed E-state index contributed by atoms with van der Waals surface area (Å²) < 4.78 is 0. The average molecular weight is 306 g/mol. The number of benzene rings is 1. The van der Waals surface area contributed by atoms with Crippen LogP contribution in [0.1, 0.15) is 25.8 Å². The lowest BCUT2D eigenvalue weighted by molar-refractivity contribution is -0.137. The molecule has 22 heavy (non-hydrogen) atoms. The van der Waals surface area contributed by atoms with Gasteiger partial charge in [0.25, 0.3) is 0 Å². The van der Waals surface area contributed by atoms with Gasteiger partial charge in [0, 0.05) is 6.54 Å². The normalized spacial score (nSPS) is 11.8. The molecular formula is C16H22N2O4. The van der Waals surface area contributed by atoms with Crippen LogP contribution in [0.15, 0.2) is 30.3 Å². The van der Waals surface area contributed by atoms with E-state index < -0.39 is 12.0 Å². The smallest absolute Gasteiger partial charge is 0.305 e. The molecular weight excluding hydrogens is 284 g/mol. The van der Waals surface area contributed by atoms with E-state index in [-0.39, 0.29) is 37.1 Å². The van der Waals surface area contributed by atoms with E-state index in [1.165, 1.54) is 0 Å². The summed E-state index contributed by atoms with van der Waals surface area (Å²) in [7, 11) is 0. The van der Waals surface area contributed by atoms with Gasteiger partial charge in [-0.1, -0.05) is 44.2 Å². The van der Waals surface area contributed by atoms with Crippen LogP contribution < -0.4 is 10.6 Å². The number of rotatable bonds is 8. The lowest BCUT2D eigenvalue weighted by Gasteiger charge is -2.21. The van der Waals surface area contributed by atoms with Crippen LogP contribution in [0.4, 0.5) is 0 Å². The quantitative estimate of drug-likeness (QED) is 0.666. The Balaban J connectivity index is 2.54. The molecule has 0 heterocycles. The van der Waals surface area contributed by atoms with Gasteiger partial charge in [0.05, 0.1) is 12.8 Å². The number of carboxylic acid groups (broad SMARTS) is 1. The van der Waals surface area contributed by atoms with Gasteiger partial charge < -0.3 is 15.7 Å². The van der Waals surface area contributed by atoms with Crippen molar-refractivity contribution in [3.8, 4) is 0 Å². The molecule has 0 bridgehead atoms. The Morgan fingerprint density at radius 3 is 2.32 bits per heavy atom. The molecule has 0 spiro atoms. The number of carboxylic acids is 1. The minimum absolute atomic E-state index is 0.0476. The highest BCUT2D eigenvalue weighted by Gasteiger charge is 2.23. The Hall–Kier alpha value is -2.37. The summed E-state index contributed by atoms with van der Waals surface area (Å²) in [5, 5.41) is 13.8. The number of hydrogen-bond donors (Lipinski definition) is 3. The Morgan fingerprint density at radius 1 is 1.14 bits per heavy atom. The maximum Gasteiger partial charge on any atom is 0.305 e. The van der Waals surface area contributed by atoms with Crippen LogP contribution in [0.3, 0.4) is 0 Å². The minimum atomic E-state index is -0.977. The molecule has 0 aliphatic carbocycles. The molecule has 0 radical (unpaired) electrons. The molecule has 2 amide bonds. The fourth-order valence-corrected chi connectivity index (χ4v) is 1.94. The van der Waals surface area contributed by atoms with Crippen LogP contribution in [-0.2, 0) is 20.8 Å². The highest BCUT2D eigenvalue weighted by molar-refractivity contribution is 5.88. The molecule has 0 aliphatic rings. The first-order valence-electron chi connectivity index (χ1n) is 7.23. The second-order valence-corrected chi connectivity index (χ2v) is 5.39. The number of hydrogen-bond acceptors (Lipinski definition) is 3. The molecule has 6 heteroatoms. The van der Waals surface area contributed by atoms with Gasteiger partial charge in [-0.05, 0) is 11.5 Å². The minimum Gasteiger partial charge on any atom is -0.481 e. The summed E-state index contributed by atoms with van der Waals surface area (Å²) in [6.45, 7) is 3.69. The molecule has 0 fully saturated rings. The number of amides is 2. The van der Waals surface area contributed by atoms with E-state index in [4.69, 9.17) is 5.11 Å². The van der Waals surface area contributed by atoms with Crippen LogP contribution in [0.5, 0.6) is 0 Å². The van der Waals surface area contributed by atoms with E-state index in [1.807, 2.05) is 44.2 Å². The van der Waals surface area contributed by atoms with Crippen molar-refractivity contribution in [2.24, 2.45) is 5.92 Å². The van der Waals surface area contributed by atoms with Crippen LogP contribution >= 0.6 is 0 Å². The van der Waals surface area contributed by atoms with Crippen LogP contribution in [0, 0.1) is 5.92 Å². The Labute approximate surface area is 129 Å². The maximum absolute atomic E-state index is 12.0. The van der Waals surface area contributed by atoms with Gasteiger partial charge in [-0.2, -0.15) is 0 Å². The van der Waals surface area contributed by atoms with E-state index in [2.05, 4.69) is 10.6 Å². The summed E-state index contributed by atoms with van der Waals surface area (Å²) >= 11 is 0. The summed E-state index contributed by atoms with van der Waals surface area (Å²) in [6, 6.07) is 8.58. The molecule has 3 N–H and O–H groups in total. The lowest BCUT2D eigenvalue weighted by atomic mass is 10.0. The SMILES string of the molecule is CC(C)C(NC(=O)Cc1ccccc1)C(=O)NCCC(=O)O. The van der Waals surface area contributed by atoms with Gasteiger partial charge in [-0.25, -0.2) is 0 Å². The molecule has 6 nitrogen and oxygen atoms in total. The molecule has 1 atom stereocenters. The molecule has 1 aromatic carbocycles. The summed E-state index contributed by atoms with van der Waals surface area (Å²) in [5.74, 6) is -1.67. The summed E-state index contributed by atoms with van der Waals surface area (Å²) in [6.07, 6.45) is 0.0565. The third-order valence-electron chi connectivity index (χ3n) is 3.11. The first kappa shape index (κ1) is 17.7. The van der Waals surface area contributed by atoms with Gasteiger partial charge in [-0.15, -0.1) is 0 Å². The van der Waals surface area contributed by atoms with Gasteiger partial charge in [0.1, 0.15) is 6.04 Å². The second-order valence-electron chi connectivity index (χ2n) is 5.39. The Morgan fingerprint density at radius 2 is 1.77 bits per heavy atom. The Kier molecular flexibility index (Phi) is 7.08. The van der Waals surface area contributed by atoms with E-state index in [0.717, 1.165) is 5.56 Å². The van der Waals surface area contributed by atoms with E-state index in [0.29, 0.717) is 0 Å². The predicted molar refractivity (Wildman–Crippen MR) is 82.2 cm³/mol. The predicted octanol–water partition coefficient (Wildman–Crippen LogP) is 0.961. The van der Waals surface area contributed by atoms with Crippen molar-refractivity contribution in [3.63, 3.8) is 0 Å². The van der Waals surface area contributed by atoms with Crippen molar-refractivity contribution in [1.82, 2.24) is 10.6 Å². The van der Waals surface area contributed by atoms with Crippen LogP contribution in [0.25, 0.3) is 0 Å². The van der Waals surface area contributed by atoms with Gasteiger partial charge in [0.15, 0.2) is 0 Å². The van der Waals surface area contributed by atoms with E-state index in [1.54, 1.807) is 0 Å². The highest BCUT2D eigenvalue weighted by Crippen LogP contribution is 2.04. The summed E-state index contributed by atoms with van der Waals surface area (Å²) in [5.41, 5.74) is 0.869. The van der Waals surface area contributed by atoms with E-state index in [9.17, 15) is 14.4 Å². The number of carbonyl (C=O) groups is 3. The summed E-state index contributed by atoms with van der Waals surface area (Å²) in [4.78, 5) is 34.5. The van der Waals surface area contributed by atoms with E-state index >= 15 is 0 Å². The zero-order chi connectivity index (χ0) is 16.5. The monoisotopic (exact) mass is 306 g/mol. The third-order valence-corrected chi connectivity index (χ3v) is 3.11. The zero-order valence-corrected chi connectivity index (χ0v) is 12.8. The topological polar surface area (TPSA) is 95.5 Å². The van der Waals surface area contributed by atoms with Crippen molar-refractivity contribution >= 4 is 17.8 Å². The third kappa shape index (κ3) is 6.39. The lowest BCUT2D eigenvalue weighted by Crippen LogP contribution is -2.50. The zero-order valence-electron chi connectivity index (χ0n) is 12.8. The maximum atomic E-state index is 12.0. The van der Waals surface area contributed by atoms with Crippen molar-refractivity contribution < 1.29 is 19.5 Å². The molecule has 0 aromatic heterocycles.